The van der Waals surface area contributed by atoms with Gasteiger partial charge in [-0.2, -0.15) is 0 Å². The quantitative estimate of drug-likeness (QED) is 0.506. The summed E-state index contributed by atoms with van der Waals surface area (Å²) >= 11 is 0. The van der Waals surface area contributed by atoms with Crippen molar-refractivity contribution in [1.29, 1.82) is 0 Å². The highest BCUT2D eigenvalue weighted by Gasteiger charge is 2.02. The van der Waals surface area contributed by atoms with Gasteiger partial charge >= 0.3 is 0 Å². The van der Waals surface area contributed by atoms with E-state index in [0.29, 0.717) is 11.4 Å². The predicted molar refractivity (Wildman–Crippen MR) is 78.7 cm³/mol. The lowest BCUT2D eigenvalue weighted by atomic mass is 10.1. The SMILES string of the molecule is O\N=C(/C=C/C(=N\O)c1ccccc1)c1ccccc1. The number of hydrogen-bond donors (Lipinski definition) is 2. The van der Waals surface area contributed by atoms with Gasteiger partial charge < -0.3 is 10.4 Å². The lowest BCUT2D eigenvalue weighted by Crippen LogP contribution is -2.00. The van der Waals surface area contributed by atoms with Crippen molar-refractivity contribution in [2.45, 2.75) is 0 Å². The van der Waals surface area contributed by atoms with E-state index in [1.807, 2.05) is 60.7 Å². The maximum atomic E-state index is 9.07. The Morgan fingerprint density at radius 3 is 1.30 bits per heavy atom. The first-order chi connectivity index (χ1) is 9.85. The smallest absolute Gasteiger partial charge is 0.109 e. The van der Waals surface area contributed by atoms with E-state index in [2.05, 4.69) is 10.3 Å². The second-order valence-electron chi connectivity index (χ2n) is 4.04. The average molecular weight is 266 g/mol. The molecule has 100 valence electrons. The molecule has 2 rings (SSSR count). The van der Waals surface area contributed by atoms with Crippen molar-refractivity contribution in [2.75, 3.05) is 0 Å². The second-order valence-corrected chi connectivity index (χ2v) is 4.04. The van der Waals surface area contributed by atoms with Gasteiger partial charge in [0.15, 0.2) is 0 Å². The Hall–Kier alpha value is -2.88. The number of benzene rings is 2. The van der Waals surface area contributed by atoms with Gasteiger partial charge in [-0.15, -0.1) is 0 Å². The van der Waals surface area contributed by atoms with Crippen LogP contribution in [0.15, 0.2) is 83.1 Å². The molecule has 2 aromatic carbocycles. The third kappa shape index (κ3) is 3.32. The lowest BCUT2D eigenvalue weighted by molar-refractivity contribution is 0.319. The predicted octanol–water partition coefficient (Wildman–Crippen LogP) is 3.30. The summed E-state index contributed by atoms with van der Waals surface area (Å²) in [5.74, 6) is 0. The zero-order chi connectivity index (χ0) is 14.2. The van der Waals surface area contributed by atoms with Crippen LogP contribution in [-0.4, -0.2) is 21.8 Å². The molecule has 0 amide bonds. The molecule has 0 aliphatic carbocycles. The number of allylic oxidation sites excluding steroid dienone is 2. The molecule has 0 heterocycles. The summed E-state index contributed by atoms with van der Waals surface area (Å²) in [7, 11) is 0. The van der Waals surface area contributed by atoms with Crippen molar-refractivity contribution in [3.63, 3.8) is 0 Å². The van der Waals surface area contributed by atoms with Gasteiger partial charge in [-0.3, -0.25) is 0 Å². The van der Waals surface area contributed by atoms with Crippen molar-refractivity contribution >= 4 is 11.4 Å². The molecular weight excluding hydrogens is 252 g/mol. The molecule has 2 N–H and O–H groups in total. The molecular formula is C16H14N2O2. The fourth-order valence-corrected chi connectivity index (χ4v) is 1.75. The highest BCUT2D eigenvalue weighted by molar-refractivity contribution is 6.15. The Labute approximate surface area is 117 Å². The van der Waals surface area contributed by atoms with Crippen molar-refractivity contribution in [1.82, 2.24) is 0 Å². The van der Waals surface area contributed by atoms with E-state index >= 15 is 0 Å². The molecule has 2 aromatic rings. The monoisotopic (exact) mass is 266 g/mol. The van der Waals surface area contributed by atoms with E-state index < -0.39 is 0 Å². The molecule has 0 spiro atoms. The van der Waals surface area contributed by atoms with E-state index in [9.17, 15) is 0 Å². The third-order valence-corrected chi connectivity index (χ3v) is 2.75. The fraction of sp³-hybridized carbons (Fsp3) is 0. The Bertz CT molecular complexity index is 575. The normalized spacial score (nSPS) is 12.8. The minimum absolute atomic E-state index is 0.391. The summed E-state index contributed by atoms with van der Waals surface area (Å²) in [6.45, 7) is 0. The molecule has 4 nitrogen and oxygen atoms in total. The average Bonchev–Trinajstić information content (AvgIpc) is 2.53. The first-order valence-electron chi connectivity index (χ1n) is 6.08. The maximum Gasteiger partial charge on any atom is 0.109 e. The van der Waals surface area contributed by atoms with Gasteiger partial charge in [-0.05, 0) is 12.2 Å². The Kier molecular flexibility index (Phi) is 4.67. The number of hydrogen-bond acceptors (Lipinski definition) is 4. The minimum Gasteiger partial charge on any atom is -0.410 e. The zero-order valence-electron chi connectivity index (χ0n) is 10.7. The highest BCUT2D eigenvalue weighted by atomic mass is 16.4. The van der Waals surface area contributed by atoms with E-state index in [0.717, 1.165) is 11.1 Å². The summed E-state index contributed by atoms with van der Waals surface area (Å²) in [6, 6.07) is 18.5. The van der Waals surface area contributed by atoms with Gasteiger partial charge in [0.25, 0.3) is 0 Å². The van der Waals surface area contributed by atoms with Gasteiger partial charge in [0.2, 0.25) is 0 Å². The van der Waals surface area contributed by atoms with Crippen LogP contribution in [0.25, 0.3) is 0 Å². The van der Waals surface area contributed by atoms with Gasteiger partial charge in [0.1, 0.15) is 11.4 Å². The van der Waals surface area contributed by atoms with Gasteiger partial charge in [-0.1, -0.05) is 71.0 Å². The van der Waals surface area contributed by atoms with E-state index in [1.165, 1.54) is 0 Å². The first kappa shape index (κ1) is 13.5. The van der Waals surface area contributed by atoms with Crippen LogP contribution < -0.4 is 0 Å². The highest BCUT2D eigenvalue weighted by Crippen LogP contribution is 2.06. The molecule has 0 saturated carbocycles. The van der Waals surface area contributed by atoms with Crippen LogP contribution in [0.4, 0.5) is 0 Å². The van der Waals surface area contributed by atoms with Crippen LogP contribution in [0.5, 0.6) is 0 Å². The summed E-state index contributed by atoms with van der Waals surface area (Å²) in [6.07, 6.45) is 3.19. The third-order valence-electron chi connectivity index (χ3n) is 2.75. The lowest BCUT2D eigenvalue weighted by Gasteiger charge is -2.00. The van der Waals surface area contributed by atoms with Crippen LogP contribution >= 0.6 is 0 Å². The van der Waals surface area contributed by atoms with Crippen LogP contribution in [0, 0.1) is 0 Å². The van der Waals surface area contributed by atoms with Crippen molar-refractivity contribution < 1.29 is 10.4 Å². The molecule has 0 fully saturated rings. The molecule has 0 radical (unpaired) electrons. The van der Waals surface area contributed by atoms with Crippen LogP contribution in [-0.2, 0) is 0 Å². The van der Waals surface area contributed by atoms with Crippen molar-refractivity contribution in [3.8, 4) is 0 Å². The number of oxime groups is 2. The molecule has 0 aromatic heterocycles. The summed E-state index contributed by atoms with van der Waals surface area (Å²) < 4.78 is 0. The standard InChI is InChI=1S/C16H14N2O2/c19-17-15(13-7-3-1-4-8-13)11-12-16(18-20)14-9-5-2-6-10-14/h1-12,19-20H/b12-11+,17-15+,18-16+. The van der Waals surface area contributed by atoms with E-state index in [-0.39, 0.29) is 0 Å². The topological polar surface area (TPSA) is 65.2 Å². The Morgan fingerprint density at radius 2 is 1.00 bits per heavy atom. The molecule has 0 aliphatic heterocycles. The second kappa shape index (κ2) is 6.89. The van der Waals surface area contributed by atoms with Crippen LogP contribution in [0.3, 0.4) is 0 Å². The summed E-state index contributed by atoms with van der Waals surface area (Å²) in [4.78, 5) is 0. The molecule has 0 unspecified atom stereocenters. The molecule has 4 heteroatoms. The molecule has 20 heavy (non-hydrogen) atoms. The van der Waals surface area contributed by atoms with Crippen molar-refractivity contribution in [3.05, 3.63) is 83.9 Å². The molecule has 0 aliphatic rings. The maximum absolute atomic E-state index is 9.07. The first-order valence-corrected chi connectivity index (χ1v) is 6.08. The number of nitrogens with zero attached hydrogens (tertiary/aromatic N) is 2. The largest absolute Gasteiger partial charge is 0.410 e. The van der Waals surface area contributed by atoms with Gasteiger partial charge in [0.05, 0.1) is 0 Å². The van der Waals surface area contributed by atoms with Crippen LogP contribution in [0.1, 0.15) is 11.1 Å². The van der Waals surface area contributed by atoms with Gasteiger partial charge in [-0.25, -0.2) is 0 Å². The van der Waals surface area contributed by atoms with Crippen LogP contribution in [0.2, 0.25) is 0 Å². The molecule has 0 bridgehead atoms. The summed E-state index contributed by atoms with van der Waals surface area (Å²) in [5, 5.41) is 24.6. The van der Waals surface area contributed by atoms with E-state index in [1.54, 1.807) is 12.2 Å². The summed E-state index contributed by atoms with van der Waals surface area (Å²) in [5.41, 5.74) is 2.33. The molecule has 0 saturated heterocycles. The Morgan fingerprint density at radius 1 is 0.650 bits per heavy atom. The zero-order valence-corrected chi connectivity index (χ0v) is 10.7. The van der Waals surface area contributed by atoms with Gasteiger partial charge in [0, 0.05) is 11.1 Å². The Balaban J connectivity index is 2.23. The number of rotatable bonds is 4. The fourth-order valence-electron chi connectivity index (χ4n) is 1.75. The van der Waals surface area contributed by atoms with E-state index in [4.69, 9.17) is 10.4 Å². The minimum atomic E-state index is 0.391. The van der Waals surface area contributed by atoms with Crippen molar-refractivity contribution in [2.24, 2.45) is 10.3 Å². The molecule has 0 atom stereocenters.